The van der Waals surface area contributed by atoms with Gasteiger partial charge in [-0.25, -0.2) is 0 Å². The van der Waals surface area contributed by atoms with Crippen LogP contribution in [0.2, 0.25) is 0 Å². The van der Waals surface area contributed by atoms with Crippen molar-refractivity contribution in [2.24, 2.45) is 0 Å². The van der Waals surface area contributed by atoms with E-state index in [-0.39, 0.29) is 17.9 Å². The van der Waals surface area contributed by atoms with Crippen LogP contribution in [0, 0.1) is 0 Å². The van der Waals surface area contributed by atoms with E-state index in [0.717, 1.165) is 19.4 Å². The number of nitrogens with one attached hydrogen (secondary N) is 1. The molecule has 3 heterocycles. The topological polar surface area (TPSA) is 101 Å². The van der Waals surface area contributed by atoms with Crippen LogP contribution in [0.3, 0.4) is 0 Å². The summed E-state index contributed by atoms with van der Waals surface area (Å²) in [5.74, 6) is 0.816. The van der Waals surface area contributed by atoms with Crippen LogP contribution in [0.4, 0.5) is 0 Å². The number of piperidine rings is 1. The molecule has 1 saturated heterocycles. The molecule has 1 aliphatic heterocycles. The van der Waals surface area contributed by atoms with Gasteiger partial charge in [-0.05, 0) is 25.0 Å². The molecule has 1 aliphatic rings. The molecule has 0 saturated carbocycles. The number of hydrogen-bond donors (Lipinski definition) is 1. The summed E-state index contributed by atoms with van der Waals surface area (Å²) in [6, 6.07) is 5.50. The SMILES string of the molecule is CC(=O)NC1CCCN(C(=O)CCc2nc(-c3ccccn3)no2)C1. The van der Waals surface area contributed by atoms with Gasteiger partial charge >= 0.3 is 0 Å². The van der Waals surface area contributed by atoms with Crippen LogP contribution in [-0.2, 0) is 16.0 Å². The van der Waals surface area contributed by atoms with Gasteiger partial charge in [0.2, 0.25) is 23.5 Å². The van der Waals surface area contributed by atoms with Crippen LogP contribution < -0.4 is 5.32 Å². The van der Waals surface area contributed by atoms with E-state index in [2.05, 4.69) is 20.4 Å². The molecule has 2 aromatic rings. The Morgan fingerprint density at radius 3 is 3.04 bits per heavy atom. The number of carbonyl (C=O) groups excluding carboxylic acids is 2. The van der Waals surface area contributed by atoms with Gasteiger partial charge in [-0.2, -0.15) is 4.98 Å². The number of nitrogens with zero attached hydrogens (tertiary/aromatic N) is 4. The number of aryl methyl sites for hydroxylation is 1. The maximum atomic E-state index is 12.4. The molecule has 25 heavy (non-hydrogen) atoms. The summed E-state index contributed by atoms with van der Waals surface area (Å²) in [4.78, 5) is 33.8. The fourth-order valence-corrected chi connectivity index (χ4v) is 2.94. The highest BCUT2D eigenvalue weighted by Crippen LogP contribution is 2.15. The molecule has 1 atom stereocenters. The largest absolute Gasteiger partial charge is 0.352 e. The summed E-state index contributed by atoms with van der Waals surface area (Å²) in [7, 11) is 0. The number of likely N-dealkylation sites (tertiary alicyclic amines) is 1. The van der Waals surface area contributed by atoms with E-state index in [1.807, 2.05) is 12.1 Å². The lowest BCUT2D eigenvalue weighted by Gasteiger charge is -2.33. The van der Waals surface area contributed by atoms with Crippen LogP contribution >= 0.6 is 0 Å². The zero-order valence-corrected chi connectivity index (χ0v) is 14.1. The van der Waals surface area contributed by atoms with Crippen LogP contribution in [0.15, 0.2) is 28.9 Å². The Morgan fingerprint density at radius 1 is 1.40 bits per heavy atom. The molecule has 1 N–H and O–H groups in total. The highest BCUT2D eigenvalue weighted by atomic mass is 16.5. The molecule has 8 nitrogen and oxygen atoms in total. The molecule has 2 amide bonds. The first-order valence-electron chi connectivity index (χ1n) is 8.40. The Labute approximate surface area is 145 Å². The fourth-order valence-electron chi connectivity index (χ4n) is 2.94. The average molecular weight is 343 g/mol. The minimum atomic E-state index is -0.0628. The molecular weight excluding hydrogens is 322 g/mol. The van der Waals surface area contributed by atoms with E-state index in [9.17, 15) is 9.59 Å². The summed E-state index contributed by atoms with van der Waals surface area (Å²) < 4.78 is 5.20. The predicted octanol–water partition coefficient (Wildman–Crippen LogP) is 1.19. The lowest BCUT2D eigenvalue weighted by molar-refractivity contribution is -0.133. The van der Waals surface area contributed by atoms with Crippen molar-refractivity contribution >= 4 is 11.8 Å². The molecule has 3 rings (SSSR count). The van der Waals surface area contributed by atoms with Gasteiger partial charge < -0.3 is 14.7 Å². The monoisotopic (exact) mass is 343 g/mol. The summed E-state index contributed by atoms with van der Waals surface area (Å²) in [5, 5.41) is 6.78. The molecule has 1 unspecified atom stereocenters. The van der Waals surface area contributed by atoms with Gasteiger partial charge in [-0.1, -0.05) is 11.2 Å². The molecule has 0 radical (unpaired) electrons. The second-order valence-electron chi connectivity index (χ2n) is 6.11. The van der Waals surface area contributed by atoms with Crippen molar-refractivity contribution in [3.05, 3.63) is 30.3 Å². The zero-order valence-electron chi connectivity index (χ0n) is 14.1. The van der Waals surface area contributed by atoms with Gasteiger partial charge in [-0.15, -0.1) is 0 Å². The molecular formula is C17H21N5O3. The third-order valence-corrected chi connectivity index (χ3v) is 4.10. The third-order valence-electron chi connectivity index (χ3n) is 4.10. The summed E-state index contributed by atoms with van der Waals surface area (Å²) in [5.41, 5.74) is 0.637. The van der Waals surface area contributed by atoms with Crippen molar-refractivity contribution in [1.82, 2.24) is 25.3 Å². The molecule has 0 spiro atoms. The standard InChI is InChI=1S/C17H21N5O3/c1-12(23)19-13-5-4-10-22(11-13)16(24)8-7-15-20-17(21-25-15)14-6-2-3-9-18-14/h2-3,6,9,13H,4-5,7-8,10-11H2,1H3,(H,19,23). The highest BCUT2D eigenvalue weighted by molar-refractivity contribution is 5.77. The Balaban J connectivity index is 1.52. The van der Waals surface area contributed by atoms with Gasteiger partial charge in [0.15, 0.2) is 0 Å². The van der Waals surface area contributed by atoms with Crippen LogP contribution in [-0.4, -0.2) is 51.0 Å². The molecule has 132 valence electrons. The highest BCUT2D eigenvalue weighted by Gasteiger charge is 2.24. The summed E-state index contributed by atoms with van der Waals surface area (Å²) in [6.45, 7) is 2.77. The van der Waals surface area contributed by atoms with E-state index in [0.29, 0.717) is 36.8 Å². The number of hydrogen-bond acceptors (Lipinski definition) is 6. The summed E-state index contributed by atoms with van der Waals surface area (Å²) >= 11 is 0. The minimum Gasteiger partial charge on any atom is -0.352 e. The third kappa shape index (κ3) is 4.62. The van der Waals surface area contributed by atoms with Crippen LogP contribution in [0.25, 0.3) is 11.5 Å². The summed E-state index contributed by atoms with van der Waals surface area (Å²) in [6.07, 6.45) is 4.15. The number of rotatable bonds is 5. The predicted molar refractivity (Wildman–Crippen MR) is 89.3 cm³/mol. The van der Waals surface area contributed by atoms with E-state index >= 15 is 0 Å². The van der Waals surface area contributed by atoms with Gasteiger partial charge in [-0.3, -0.25) is 14.6 Å². The van der Waals surface area contributed by atoms with Crippen molar-refractivity contribution in [2.75, 3.05) is 13.1 Å². The Bertz CT molecular complexity index is 731. The maximum absolute atomic E-state index is 12.4. The number of amides is 2. The van der Waals surface area contributed by atoms with E-state index < -0.39 is 0 Å². The second kappa shape index (κ2) is 7.87. The van der Waals surface area contributed by atoms with Crippen molar-refractivity contribution in [2.45, 2.75) is 38.6 Å². The Kier molecular flexibility index (Phi) is 5.37. The first-order chi connectivity index (χ1) is 12.1. The van der Waals surface area contributed by atoms with Crippen molar-refractivity contribution < 1.29 is 14.1 Å². The lowest BCUT2D eigenvalue weighted by atomic mass is 10.0. The normalized spacial score (nSPS) is 17.3. The van der Waals surface area contributed by atoms with Crippen molar-refractivity contribution in [3.8, 4) is 11.5 Å². The van der Waals surface area contributed by atoms with Gasteiger partial charge in [0.1, 0.15) is 5.69 Å². The van der Waals surface area contributed by atoms with Crippen LogP contribution in [0.1, 0.15) is 32.1 Å². The number of pyridine rings is 1. The van der Waals surface area contributed by atoms with Gasteiger partial charge in [0, 0.05) is 45.1 Å². The average Bonchev–Trinajstić information content (AvgIpc) is 3.09. The number of carbonyl (C=O) groups is 2. The van der Waals surface area contributed by atoms with E-state index in [1.165, 1.54) is 6.92 Å². The second-order valence-corrected chi connectivity index (χ2v) is 6.11. The van der Waals surface area contributed by atoms with Crippen molar-refractivity contribution in [3.63, 3.8) is 0 Å². The first kappa shape index (κ1) is 17.1. The Morgan fingerprint density at radius 2 is 2.28 bits per heavy atom. The molecule has 0 bridgehead atoms. The minimum absolute atomic E-state index is 0.0349. The van der Waals surface area contributed by atoms with E-state index in [4.69, 9.17) is 4.52 Å². The number of aromatic nitrogens is 3. The van der Waals surface area contributed by atoms with Crippen molar-refractivity contribution in [1.29, 1.82) is 0 Å². The molecule has 1 fully saturated rings. The quantitative estimate of drug-likeness (QED) is 0.875. The Hall–Kier alpha value is -2.77. The zero-order chi connectivity index (χ0) is 17.6. The molecule has 2 aromatic heterocycles. The van der Waals surface area contributed by atoms with Gasteiger partial charge in [0.05, 0.1) is 0 Å². The first-order valence-corrected chi connectivity index (χ1v) is 8.40. The van der Waals surface area contributed by atoms with Gasteiger partial charge in [0.25, 0.3) is 0 Å². The molecule has 0 aliphatic carbocycles. The lowest BCUT2D eigenvalue weighted by Crippen LogP contribution is -2.49. The molecule has 0 aromatic carbocycles. The maximum Gasteiger partial charge on any atom is 0.227 e. The smallest absolute Gasteiger partial charge is 0.227 e. The van der Waals surface area contributed by atoms with Crippen LogP contribution in [0.5, 0.6) is 0 Å². The molecule has 8 heteroatoms. The van der Waals surface area contributed by atoms with E-state index in [1.54, 1.807) is 17.2 Å². The fraction of sp³-hybridized carbons (Fsp3) is 0.471.